The molecule has 2 aromatic heterocycles. The molecule has 0 spiro atoms. The van der Waals surface area contributed by atoms with Crippen LogP contribution in [0.4, 0.5) is 5.69 Å². The summed E-state index contributed by atoms with van der Waals surface area (Å²) in [6.07, 6.45) is 1.82. The standard InChI is InChI=1S/C18H16N4O2S2/c1-2-19-18-22(20-8-12-5-6-25-10-12)15(11-26-18)13-3-4-16-14(7-13)21-17(23)9-24-16/h3-8,10-11H,2,9H2,1H3,(H,21,23). The summed E-state index contributed by atoms with van der Waals surface area (Å²) < 4.78 is 7.27. The molecule has 3 aromatic rings. The molecule has 1 aromatic carbocycles. The van der Waals surface area contributed by atoms with Crippen molar-refractivity contribution in [3.05, 3.63) is 50.8 Å². The van der Waals surface area contributed by atoms with E-state index in [0.29, 0.717) is 18.0 Å². The molecule has 0 radical (unpaired) electrons. The van der Waals surface area contributed by atoms with Gasteiger partial charge in [0.25, 0.3) is 5.91 Å². The van der Waals surface area contributed by atoms with Crippen LogP contribution in [-0.2, 0) is 4.79 Å². The summed E-state index contributed by atoms with van der Waals surface area (Å²) in [6.45, 7) is 2.73. The SMILES string of the molecule is CCN=c1scc(-c2ccc3c(c2)NC(=O)CO3)n1N=Cc1ccsc1. The smallest absolute Gasteiger partial charge is 0.262 e. The number of anilines is 1. The molecule has 0 saturated carbocycles. The van der Waals surface area contributed by atoms with Crippen molar-refractivity contribution < 1.29 is 9.53 Å². The Kier molecular flexibility index (Phi) is 4.68. The van der Waals surface area contributed by atoms with Gasteiger partial charge in [-0.05, 0) is 41.9 Å². The molecule has 1 amide bonds. The van der Waals surface area contributed by atoms with Gasteiger partial charge in [0.15, 0.2) is 6.61 Å². The minimum absolute atomic E-state index is 0.0509. The first-order valence-corrected chi connectivity index (χ1v) is 9.91. The number of amides is 1. The Balaban J connectivity index is 1.78. The number of aromatic nitrogens is 1. The second-order valence-electron chi connectivity index (χ2n) is 5.54. The topological polar surface area (TPSA) is 68.0 Å². The zero-order valence-electron chi connectivity index (χ0n) is 14.0. The molecule has 132 valence electrons. The summed E-state index contributed by atoms with van der Waals surface area (Å²) in [4.78, 5) is 16.9. The minimum Gasteiger partial charge on any atom is -0.482 e. The largest absolute Gasteiger partial charge is 0.482 e. The summed E-state index contributed by atoms with van der Waals surface area (Å²) in [5.74, 6) is 0.528. The predicted molar refractivity (Wildman–Crippen MR) is 105 cm³/mol. The van der Waals surface area contributed by atoms with E-state index in [1.54, 1.807) is 11.3 Å². The number of benzene rings is 1. The number of hydrogen-bond acceptors (Lipinski definition) is 6. The van der Waals surface area contributed by atoms with Crippen LogP contribution >= 0.6 is 22.7 Å². The quantitative estimate of drug-likeness (QED) is 0.701. The van der Waals surface area contributed by atoms with Crippen LogP contribution in [0.2, 0.25) is 0 Å². The zero-order chi connectivity index (χ0) is 17.9. The maximum Gasteiger partial charge on any atom is 0.262 e. The normalized spacial score (nSPS) is 14.3. The lowest BCUT2D eigenvalue weighted by atomic mass is 10.1. The van der Waals surface area contributed by atoms with Gasteiger partial charge in [-0.25, -0.2) is 4.68 Å². The molecule has 0 atom stereocenters. The van der Waals surface area contributed by atoms with E-state index >= 15 is 0 Å². The first-order chi connectivity index (χ1) is 12.7. The molecule has 8 heteroatoms. The third-order valence-corrected chi connectivity index (χ3v) is 5.31. The highest BCUT2D eigenvalue weighted by atomic mass is 32.1. The van der Waals surface area contributed by atoms with Crippen LogP contribution in [-0.4, -0.2) is 29.9 Å². The average Bonchev–Trinajstić information content (AvgIpc) is 3.29. The number of carbonyl (C=O) groups excluding carboxylic acids is 1. The second-order valence-corrected chi connectivity index (χ2v) is 7.16. The fourth-order valence-electron chi connectivity index (χ4n) is 2.57. The van der Waals surface area contributed by atoms with Crippen LogP contribution < -0.4 is 14.9 Å². The fraction of sp³-hybridized carbons (Fsp3) is 0.167. The number of nitrogens with one attached hydrogen (secondary N) is 1. The van der Waals surface area contributed by atoms with Gasteiger partial charge in [-0.2, -0.15) is 16.4 Å². The van der Waals surface area contributed by atoms with Gasteiger partial charge in [-0.1, -0.05) is 0 Å². The Morgan fingerprint density at radius 2 is 2.27 bits per heavy atom. The van der Waals surface area contributed by atoms with Crippen LogP contribution in [0.3, 0.4) is 0 Å². The summed E-state index contributed by atoms with van der Waals surface area (Å²) in [7, 11) is 0. The van der Waals surface area contributed by atoms with Crippen molar-refractivity contribution in [2.75, 3.05) is 18.5 Å². The molecule has 0 saturated heterocycles. The first kappa shape index (κ1) is 16.7. The van der Waals surface area contributed by atoms with Crippen molar-refractivity contribution in [1.82, 2.24) is 4.68 Å². The third-order valence-electron chi connectivity index (χ3n) is 3.75. The number of rotatable bonds is 4. The van der Waals surface area contributed by atoms with E-state index < -0.39 is 0 Å². The number of thiazole rings is 1. The monoisotopic (exact) mass is 384 g/mol. The van der Waals surface area contributed by atoms with Crippen molar-refractivity contribution in [3.8, 4) is 17.0 Å². The number of fused-ring (bicyclic) bond motifs is 1. The highest BCUT2D eigenvalue weighted by molar-refractivity contribution is 7.08. The van der Waals surface area contributed by atoms with Gasteiger partial charge in [0, 0.05) is 23.1 Å². The Labute approximate surface area is 158 Å². The van der Waals surface area contributed by atoms with Gasteiger partial charge in [-0.15, -0.1) is 11.3 Å². The van der Waals surface area contributed by atoms with E-state index in [1.165, 1.54) is 11.3 Å². The van der Waals surface area contributed by atoms with Crippen molar-refractivity contribution in [1.29, 1.82) is 0 Å². The highest BCUT2D eigenvalue weighted by Gasteiger charge is 2.17. The van der Waals surface area contributed by atoms with Gasteiger partial charge in [-0.3, -0.25) is 9.79 Å². The molecule has 0 bridgehead atoms. The van der Waals surface area contributed by atoms with E-state index in [1.807, 2.05) is 58.2 Å². The molecule has 0 fully saturated rings. The van der Waals surface area contributed by atoms with Crippen molar-refractivity contribution >= 4 is 40.5 Å². The Bertz CT molecular complexity index is 1030. The summed E-state index contributed by atoms with van der Waals surface area (Å²) in [5, 5.41) is 13.6. The van der Waals surface area contributed by atoms with Crippen LogP contribution in [0, 0.1) is 0 Å². The lowest BCUT2D eigenvalue weighted by Crippen LogP contribution is -2.25. The molecule has 1 N–H and O–H groups in total. The molecule has 3 heterocycles. The van der Waals surface area contributed by atoms with Crippen molar-refractivity contribution in [3.63, 3.8) is 0 Å². The molecular formula is C18H16N4O2S2. The number of ether oxygens (including phenoxy) is 1. The van der Waals surface area contributed by atoms with Crippen molar-refractivity contribution in [2.45, 2.75) is 6.92 Å². The van der Waals surface area contributed by atoms with Gasteiger partial charge >= 0.3 is 0 Å². The lowest BCUT2D eigenvalue weighted by Gasteiger charge is -2.18. The summed E-state index contributed by atoms with van der Waals surface area (Å²) >= 11 is 3.17. The fourth-order valence-corrected chi connectivity index (χ4v) is 4.08. The second kappa shape index (κ2) is 7.27. The molecule has 1 aliphatic rings. The lowest BCUT2D eigenvalue weighted by molar-refractivity contribution is -0.118. The first-order valence-electron chi connectivity index (χ1n) is 8.09. The average molecular weight is 384 g/mol. The number of thiophene rings is 1. The molecule has 0 unspecified atom stereocenters. The van der Waals surface area contributed by atoms with Crippen LogP contribution in [0.25, 0.3) is 11.3 Å². The zero-order valence-corrected chi connectivity index (χ0v) is 15.6. The van der Waals surface area contributed by atoms with Crippen LogP contribution in [0.5, 0.6) is 5.75 Å². The van der Waals surface area contributed by atoms with Crippen molar-refractivity contribution in [2.24, 2.45) is 10.1 Å². The molecular weight excluding hydrogens is 368 g/mol. The van der Waals surface area contributed by atoms with Gasteiger partial charge in [0.05, 0.1) is 17.6 Å². The molecule has 26 heavy (non-hydrogen) atoms. The third kappa shape index (κ3) is 3.33. The Morgan fingerprint density at radius 1 is 1.35 bits per heavy atom. The van der Waals surface area contributed by atoms with E-state index in [2.05, 4.69) is 15.4 Å². The minimum atomic E-state index is -0.148. The Hall–Kier alpha value is -2.71. The van der Waals surface area contributed by atoms with Crippen LogP contribution in [0.1, 0.15) is 12.5 Å². The summed E-state index contributed by atoms with van der Waals surface area (Å²) in [6, 6.07) is 7.75. The Morgan fingerprint density at radius 3 is 3.08 bits per heavy atom. The maximum atomic E-state index is 11.6. The number of hydrogen-bond donors (Lipinski definition) is 1. The predicted octanol–water partition coefficient (Wildman–Crippen LogP) is 3.41. The van der Waals surface area contributed by atoms with E-state index in [-0.39, 0.29) is 12.5 Å². The number of carbonyl (C=O) groups is 1. The maximum absolute atomic E-state index is 11.6. The van der Waals surface area contributed by atoms with Gasteiger partial charge in [0.1, 0.15) is 5.75 Å². The van der Waals surface area contributed by atoms with E-state index in [4.69, 9.17) is 4.74 Å². The highest BCUT2D eigenvalue weighted by Crippen LogP contribution is 2.32. The van der Waals surface area contributed by atoms with E-state index in [9.17, 15) is 4.79 Å². The molecule has 4 rings (SSSR count). The van der Waals surface area contributed by atoms with Crippen LogP contribution in [0.15, 0.2) is 50.5 Å². The van der Waals surface area contributed by atoms with Gasteiger partial charge < -0.3 is 10.1 Å². The molecule has 1 aliphatic heterocycles. The summed E-state index contributed by atoms with van der Waals surface area (Å²) in [5.41, 5.74) is 3.57. The molecule has 6 nitrogen and oxygen atoms in total. The molecule has 0 aliphatic carbocycles. The van der Waals surface area contributed by atoms with E-state index in [0.717, 1.165) is 21.6 Å². The van der Waals surface area contributed by atoms with Gasteiger partial charge in [0.2, 0.25) is 4.80 Å². The number of nitrogens with zero attached hydrogens (tertiary/aromatic N) is 3.